The molecule has 0 aliphatic carbocycles. The van der Waals surface area contributed by atoms with Crippen LogP contribution in [-0.2, 0) is 9.59 Å². The summed E-state index contributed by atoms with van der Waals surface area (Å²) in [5.41, 5.74) is 0.687. The van der Waals surface area contributed by atoms with E-state index in [-0.39, 0.29) is 11.7 Å². The summed E-state index contributed by atoms with van der Waals surface area (Å²) in [6.07, 6.45) is 0.231. The van der Waals surface area contributed by atoms with E-state index < -0.39 is 6.10 Å². The van der Waals surface area contributed by atoms with Crippen molar-refractivity contribution < 1.29 is 14.3 Å². The molecule has 1 heterocycles. The van der Waals surface area contributed by atoms with E-state index in [0.29, 0.717) is 24.3 Å². The summed E-state index contributed by atoms with van der Waals surface area (Å²) in [5, 5.41) is 2.76. The third-order valence-corrected chi connectivity index (χ3v) is 2.47. The summed E-state index contributed by atoms with van der Waals surface area (Å²) < 4.78 is 5.53. The fourth-order valence-corrected chi connectivity index (χ4v) is 1.62. The quantitative estimate of drug-likeness (QED) is 0.842. The summed E-state index contributed by atoms with van der Waals surface area (Å²) in [5.74, 6) is 0.547. The highest BCUT2D eigenvalue weighted by atomic mass is 16.5. The van der Waals surface area contributed by atoms with Gasteiger partial charge in [0.05, 0.1) is 5.69 Å². The minimum Gasteiger partial charge on any atom is -0.478 e. The van der Waals surface area contributed by atoms with Crippen molar-refractivity contribution in [3.63, 3.8) is 0 Å². The average Bonchev–Trinajstić information content (AvgIpc) is 2.26. The number of anilines is 1. The summed E-state index contributed by atoms with van der Waals surface area (Å²) >= 11 is 0. The highest BCUT2D eigenvalue weighted by Gasteiger charge is 2.27. The third-order valence-electron chi connectivity index (χ3n) is 2.47. The molecular weight excluding hydrogens is 206 g/mol. The van der Waals surface area contributed by atoms with Crippen molar-refractivity contribution in [2.45, 2.75) is 25.9 Å². The van der Waals surface area contributed by atoms with Gasteiger partial charge < -0.3 is 14.8 Å². The topological polar surface area (TPSA) is 55.4 Å². The summed E-state index contributed by atoms with van der Waals surface area (Å²) in [7, 11) is 0. The molecular formula is C12H13NO3. The molecule has 0 saturated heterocycles. The molecule has 4 heteroatoms. The predicted molar refractivity (Wildman–Crippen MR) is 59.4 cm³/mol. The number of ether oxygens (including phenoxy) is 1. The Hall–Kier alpha value is -1.84. The fraction of sp³-hybridized carbons (Fsp3) is 0.333. The molecule has 1 unspecified atom stereocenters. The van der Waals surface area contributed by atoms with Crippen LogP contribution in [0.3, 0.4) is 0 Å². The van der Waals surface area contributed by atoms with Gasteiger partial charge >= 0.3 is 0 Å². The number of benzene rings is 1. The van der Waals surface area contributed by atoms with Crippen LogP contribution < -0.4 is 10.1 Å². The van der Waals surface area contributed by atoms with E-state index in [1.54, 1.807) is 12.1 Å². The molecule has 2 rings (SSSR count). The van der Waals surface area contributed by atoms with Gasteiger partial charge in [0, 0.05) is 12.8 Å². The minimum atomic E-state index is -0.557. The molecule has 1 N–H and O–H groups in total. The van der Waals surface area contributed by atoms with Gasteiger partial charge in [-0.3, -0.25) is 4.79 Å². The van der Waals surface area contributed by atoms with Crippen LogP contribution in [0.25, 0.3) is 0 Å². The van der Waals surface area contributed by atoms with Crippen molar-refractivity contribution in [3.05, 3.63) is 24.3 Å². The normalized spacial score (nSPS) is 18.3. The van der Waals surface area contributed by atoms with Crippen molar-refractivity contribution in [2.24, 2.45) is 0 Å². The molecule has 1 aromatic carbocycles. The van der Waals surface area contributed by atoms with Crippen LogP contribution in [0, 0.1) is 0 Å². The van der Waals surface area contributed by atoms with Crippen LogP contribution in [0.1, 0.15) is 19.8 Å². The zero-order valence-electron chi connectivity index (χ0n) is 9.03. The van der Waals surface area contributed by atoms with Crippen molar-refractivity contribution in [3.8, 4) is 5.75 Å². The highest BCUT2D eigenvalue weighted by Crippen LogP contribution is 2.29. The van der Waals surface area contributed by atoms with Gasteiger partial charge in [0.1, 0.15) is 11.5 Å². The zero-order valence-corrected chi connectivity index (χ0v) is 9.03. The Balaban J connectivity index is 2.09. The van der Waals surface area contributed by atoms with Crippen LogP contribution in [0.2, 0.25) is 0 Å². The molecule has 1 amide bonds. The lowest BCUT2D eigenvalue weighted by atomic mass is 10.1. The Morgan fingerprint density at radius 2 is 2.19 bits per heavy atom. The monoisotopic (exact) mass is 219 g/mol. The van der Waals surface area contributed by atoms with Gasteiger partial charge in [-0.2, -0.15) is 0 Å². The van der Waals surface area contributed by atoms with Crippen molar-refractivity contribution >= 4 is 17.4 Å². The van der Waals surface area contributed by atoms with Crippen LogP contribution in [-0.4, -0.2) is 17.8 Å². The van der Waals surface area contributed by atoms with E-state index in [0.717, 1.165) is 0 Å². The van der Waals surface area contributed by atoms with E-state index >= 15 is 0 Å². The van der Waals surface area contributed by atoms with E-state index in [9.17, 15) is 9.59 Å². The Kier molecular flexibility index (Phi) is 2.90. The second-order valence-electron chi connectivity index (χ2n) is 3.83. The molecule has 0 aromatic heterocycles. The number of nitrogens with one attached hydrogen (secondary N) is 1. The lowest BCUT2D eigenvalue weighted by molar-refractivity contribution is -0.124. The lowest BCUT2D eigenvalue weighted by Gasteiger charge is -2.25. The number of carbonyl (C=O) groups excluding carboxylic acids is 2. The Labute approximate surface area is 93.6 Å². The Morgan fingerprint density at radius 1 is 1.44 bits per heavy atom. The van der Waals surface area contributed by atoms with Gasteiger partial charge in [0.2, 0.25) is 0 Å². The zero-order chi connectivity index (χ0) is 11.5. The predicted octanol–water partition coefficient (Wildman–Crippen LogP) is 1.76. The van der Waals surface area contributed by atoms with Crippen LogP contribution in [0.15, 0.2) is 24.3 Å². The van der Waals surface area contributed by atoms with Crippen molar-refractivity contribution in [1.29, 1.82) is 0 Å². The number of para-hydroxylation sites is 2. The second kappa shape index (κ2) is 4.35. The highest BCUT2D eigenvalue weighted by molar-refractivity contribution is 5.97. The minimum absolute atomic E-state index is 0.0651. The van der Waals surface area contributed by atoms with Gasteiger partial charge in [-0.05, 0) is 19.1 Å². The third kappa shape index (κ3) is 2.21. The molecule has 1 aliphatic rings. The molecule has 0 saturated carbocycles. The number of rotatable bonds is 3. The number of amides is 1. The first-order valence-corrected chi connectivity index (χ1v) is 5.23. The van der Waals surface area contributed by atoms with Crippen molar-refractivity contribution in [2.75, 3.05) is 5.32 Å². The number of hydrogen-bond acceptors (Lipinski definition) is 3. The largest absolute Gasteiger partial charge is 0.478 e. The molecule has 84 valence electrons. The van der Waals surface area contributed by atoms with Crippen LogP contribution in [0.4, 0.5) is 5.69 Å². The molecule has 0 fully saturated rings. The fourth-order valence-electron chi connectivity index (χ4n) is 1.62. The Bertz CT molecular complexity index is 428. The standard InChI is InChI=1S/C12H13NO3/c1-8(14)6-7-11-12(15)13-9-4-2-3-5-10(9)16-11/h2-5,11H,6-7H2,1H3,(H,13,15). The van der Waals surface area contributed by atoms with E-state index in [2.05, 4.69) is 5.32 Å². The molecule has 1 aromatic rings. The van der Waals surface area contributed by atoms with E-state index in [4.69, 9.17) is 4.74 Å². The number of hydrogen-bond donors (Lipinski definition) is 1. The molecule has 0 radical (unpaired) electrons. The molecule has 0 bridgehead atoms. The average molecular weight is 219 g/mol. The van der Waals surface area contributed by atoms with Gasteiger partial charge in [0.25, 0.3) is 5.91 Å². The van der Waals surface area contributed by atoms with E-state index in [1.807, 2.05) is 12.1 Å². The number of carbonyl (C=O) groups is 2. The van der Waals surface area contributed by atoms with E-state index in [1.165, 1.54) is 6.92 Å². The van der Waals surface area contributed by atoms with Crippen LogP contribution >= 0.6 is 0 Å². The SMILES string of the molecule is CC(=O)CCC1Oc2ccccc2NC1=O. The maximum Gasteiger partial charge on any atom is 0.265 e. The van der Waals surface area contributed by atoms with Gasteiger partial charge in [0.15, 0.2) is 6.10 Å². The Morgan fingerprint density at radius 3 is 2.94 bits per heavy atom. The summed E-state index contributed by atoms with van der Waals surface area (Å²) in [6, 6.07) is 7.26. The molecule has 1 aliphatic heterocycles. The molecule has 16 heavy (non-hydrogen) atoms. The van der Waals surface area contributed by atoms with Gasteiger partial charge in [-0.25, -0.2) is 0 Å². The number of Topliss-reactive ketones (excluding diaryl/α,β-unsaturated/α-hetero) is 1. The molecule has 1 atom stereocenters. The smallest absolute Gasteiger partial charge is 0.265 e. The van der Waals surface area contributed by atoms with Gasteiger partial charge in [-0.1, -0.05) is 12.1 Å². The number of ketones is 1. The van der Waals surface area contributed by atoms with Crippen molar-refractivity contribution in [1.82, 2.24) is 0 Å². The second-order valence-corrected chi connectivity index (χ2v) is 3.83. The van der Waals surface area contributed by atoms with Crippen LogP contribution in [0.5, 0.6) is 5.75 Å². The lowest BCUT2D eigenvalue weighted by Crippen LogP contribution is -2.37. The maximum absolute atomic E-state index is 11.6. The first-order valence-electron chi connectivity index (χ1n) is 5.23. The molecule has 4 nitrogen and oxygen atoms in total. The first kappa shape index (κ1) is 10.7. The summed E-state index contributed by atoms with van der Waals surface area (Å²) in [4.78, 5) is 22.5. The van der Waals surface area contributed by atoms with Gasteiger partial charge in [-0.15, -0.1) is 0 Å². The molecule has 0 spiro atoms. The maximum atomic E-state index is 11.6. The first-order chi connectivity index (χ1) is 7.66. The summed E-state index contributed by atoms with van der Waals surface area (Å²) in [6.45, 7) is 1.51. The number of fused-ring (bicyclic) bond motifs is 1.